The zero-order chi connectivity index (χ0) is 15.1. The van der Waals surface area contributed by atoms with Crippen LogP contribution in [-0.2, 0) is 14.4 Å². The molecule has 0 aromatic carbocycles. The molecule has 1 fully saturated rings. The molecular weight excluding hydrogens is 236 g/mol. The molecule has 0 aromatic heterocycles. The van der Waals surface area contributed by atoms with Gasteiger partial charge in [0.05, 0.1) is 5.92 Å². The van der Waals surface area contributed by atoms with Gasteiger partial charge in [-0.1, -0.05) is 27.7 Å². The number of Topliss-reactive ketones (excluding diaryl/α,β-unsaturated/α-hetero) is 1. The Hall–Kier alpha value is -1.39. The number of aliphatic carboxylic acids is 2. The molecule has 1 rings (SSSR count). The predicted molar refractivity (Wildman–Crippen MR) is 70.6 cm³/mol. The molecule has 5 nitrogen and oxygen atoms in total. The monoisotopic (exact) mass is 262 g/mol. The van der Waals surface area contributed by atoms with Gasteiger partial charge in [-0.25, -0.2) is 0 Å². The number of carbonyl (C=O) groups excluding carboxylic acids is 1. The van der Waals surface area contributed by atoms with Crippen molar-refractivity contribution >= 4 is 17.7 Å². The number of hydrogen-bond donors (Lipinski definition) is 2. The topological polar surface area (TPSA) is 91.7 Å². The van der Waals surface area contributed by atoms with Crippen LogP contribution < -0.4 is 0 Å². The maximum absolute atomic E-state index is 10.6. The fourth-order valence-electron chi connectivity index (χ4n) is 1.19. The highest BCUT2D eigenvalue weighted by atomic mass is 16.4. The van der Waals surface area contributed by atoms with Gasteiger partial charge < -0.3 is 10.2 Å². The lowest BCUT2D eigenvalue weighted by Crippen LogP contribution is -2.20. The van der Waals surface area contributed by atoms with Crippen LogP contribution in [0, 0.1) is 5.92 Å². The van der Waals surface area contributed by atoms with Gasteiger partial charge in [-0.05, 0) is 12.8 Å². The summed E-state index contributed by atoms with van der Waals surface area (Å²) in [5, 5.41) is 15.9. The summed E-state index contributed by atoms with van der Waals surface area (Å²) >= 11 is 0. The van der Waals surface area contributed by atoms with Crippen molar-refractivity contribution in [3.63, 3.8) is 0 Å². The highest BCUT2D eigenvalue weighted by molar-refractivity contribution is 5.81. The van der Waals surface area contributed by atoms with Gasteiger partial charge in [-0.15, -0.1) is 0 Å². The van der Waals surface area contributed by atoms with Crippen LogP contribution in [0.1, 0.15) is 60.3 Å². The maximum Gasteiger partial charge on any atom is 0.306 e. The minimum absolute atomic E-state index is 0.206. The molecule has 1 aliphatic carbocycles. The second kappa shape index (κ2) is 15.6. The number of carbonyl (C=O) groups is 3. The van der Waals surface area contributed by atoms with Gasteiger partial charge in [0.25, 0.3) is 5.97 Å². The Morgan fingerprint density at radius 2 is 1.28 bits per heavy atom. The van der Waals surface area contributed by atoms with Crippen LogP contribution in [0.3, 0.4) is 0 Å². The first-order valence-electron chi connectivity index (χ1n) is 6.37. The Morgan fingerprint density at radius 1 is 1.00 bits per heavy atom. The van der Waals surface area contributed by atoms with Crippen molar-refractivity contribution in [3.8, 4) is 0 Å². The summed E-state index contributed by atoms with van der Waals surface area (Å²) in [6.07, 6.45) is 1.98. The van der Waals surface area contributed by atoms with Crippen LogP contribution in [-0.4, -0.2) is 27.9 Å². The van der Waals surface area contributed by atoms with Gasteiger partial charge in [-0.3, -0.25) is 14.4 Å². The first-order chi connectivity index (χ1) is 8.43. The molecule has 0 atom stereocenters. The van der Waals surface area contributed by atoms with E-state index in [2.05, 4.69) is 0 Å². The summed E-state index contributed by atoms with van der Waals surface area (Å²) in [5.74, 6) is -1.65. The van der Waals surface area contributed by atoms with Crippen molar-refractivity contribution in [2.45, 2.75) is 60.3 Å². The van der Waals surface area contributed by atoms with E-state index in [1.54, 1.807) is 0 Å². The summed E-state index contributed by atoms with van der Waals surface area (Å²) in [7, 11) is 0. The SMILES string of the molecule is CC.CC.CC(=O)O.O=C1CCC(C(=O)O)CC1. The number of hydrogen-bond acceptors (Lipinski definition) is 3. The first kappa shape index (κ1) is 21.9. The first-order valence-corrected chi connectivity index (χ1v) is 6.37. The molecule has 0 radical (unpaired) electrons. The van der Waals surface area contributed by atoms with E-state index in [4.69, 9.17) is 15.0 Å². The quantitative estimate of drug-likeness (QED) is 0.758. The summed E-state index contributed by atoms with van der Waals surface area (Å²) < 4.78 is 0. The lowest BCUT2D eigenvalue weighted by Gasteiger charge is -2.15. The fraction of sp³-hybridized carbons (Fsp3) is 0.769. The third kappa shape index (κ3) is 17.0. The number of rotatable bonds is 1. The molecule has 0 amide bonds. The molecule has 0 heterocycles. The van der Waals surface area contributed by atoms with Crippen molar-refractivity contribution in [1.82, 2.24) is 0 Å². The fourth-order valence-corrected chi connectivity index (χ4v) is 1.19. The van der Waals surface area contributed by atoms with Crippen molar-refractivity contribution < 1.29 is 24.6 Å². The van der Waals surface area contributed by atoms with Crippen LogP contribution in [0.25, 0.3) is 0 Å². The molecule has 0 aliphatic heterocycles. The Morgan fingerprint density at radius 3 is 1.50 bits per heavy atom. The molecule has 0 unspecified atom stereocenters. The summed E-state index contributed by atoms with van der Waals surface area (Å²) in [6.45, 7) is 9.08. The Bertz CT molecular complexity index is 222. The minimum atomic E-state index is -0.833. The third-order valence-electron chi connectivity index (χ3n) is 1.89. The van der Waals surface area contributed by atoms with Crippen LogP contribution in [0.4, 0.5) is 0 Å². The Kier molecular flexibility index (Phi) is 18.9. The molecule has 0 saturated heterocycles. The van der Waals surface area contributed by atoms with Gasteiger partial charge in [0.15, 0.2) is 0 Å². The highest BCUT2D eigenvalue weighted by Crippen LogP contribution is 2.20. The van der Waals surface area contributed by atoms with Crippen molar-refractivity contribution in [2.24, 2.45) is 5.92 Å². The van der Waals surface area contributed by atoms with Crippen LogP contribution in [0.5, 0.6) is 0 Å². The van der Waals surface area contributed by atoms with E-state index in [1.807, 2.05) is 27.7 Å². The molecule has 108 valence electrons. The Balaban J connectivity index is -0.000000238. The highest BCUT2D eigenvalue weighted by Gasteiger charge is 2.23. The molecule has 5 heteroatoms. The van der Waals surface area contributed by atoms with E-state index in [0.29, 0.717) is 25.7 Å². The molecule has 18 heavy (non-hydrogen) atoms. The van der Waals surface area contributed by atoms with E-state index in [-0.39, 0.29) is 11.7 Å². The minimum Gasteiger partial charge on any atom is -0.481 e. The zero-order valence-electron chi connectivity index (χ0n) is 12.0. The lowest BCUT2D eigenvalue weighted by molar-refractivity contribution is -0.143. The molecule has 0 spiro atoms. The molecule has 0 aromatic rings. The number of carboxylic acid groups (broad SMARTS) is 2. The van der Waals surface area contributed by atoms with E-state index >= 15 is 0 Å². The largest absolute Gasteiger partial charge is 0.481 e. The third-order valence-corrected chi connectivity index (χ3v) is 1.89. The van der Waals surface area contributed by atoms with Crippen LogP contribution in [0.2, 0.25) is 0 Å². The van der Waals surface area contributed by atoms with E-state index < -0.39 is 11.9 Å². The summed E-state index contributed by atoms with van der Waals surface area (Å²) in [4.78, 5) is 30.0. The molecule has 2 N–H and O–H groups in total. The Labute approximate surface area is 109 Å². The second-order valence-electron chi connectivity index (χ2n) is 3.17. The normalized spacial score (nSPS) is 13.7. The maximum atomic E-state index is 10.6. The van der Waals surface area contributed by atoms with E-state index in [9.17, 15) is 9.59 Å². The van der Waals surface area contributed by atoms with Crippen LogP contribution in [0.15, 0.2) is 0 Å². The zero-order valence-corrected chi connectivity index (χ0v) is 12.0. The molecule has 1 aliphatic rings. The average Bonchev–Trinajstić information content (AvgIpc) is 2.34. The lowest BCUT2D eigenvalue weighted by atomic mass is 9.89. The standard InChI is InChI=1S/C7H10O3.C2H4O2.2C2H6/c8-6-3-1-5(2-4-6)7(9)10;1-2(3)4;2*1-2/h5H,1-4H2,(H,9,10);1H3,(H,3,4);2*1-2H3. The van der Waals surface area contributed by atoms with Gasteiger partial charge in [-0.2, -0.15) is 0 Å². The number of ketones is 1. The summed E-state index contributed by atoms with van der Waals surface area (Å²) in [6, 6.07) is 0. The predicted octanol–water partition coefficient (Wildman–Crippen LogP) is 2.97. The van der Waals surface area contributed by atoms with E-state index in [0.717, 1.165) is 6.92 Å². The van der Waals surface area contributed by atoms with Gasteiger partial charge in [0.2, 0.25) is 0 Å². The van der Waals surface area contributed by atoms with Gasteiger partial charge in [0, 0.05) is 19.8 Å². The average molecular weight is 262 g/mol. The van der Waals surface area contributed by atoms with Crippen LogP contribution >= 0.6 is 0 Å². The van der Waals surface area contributed by atoms with Crippen molar-refractivity contribution in [2.75, 3.05) is 0 Å². The van der Waals surface area contributed by atoms with E-state index in [1.165, 1.54) is 0 Å². The second-order valence-corrected chi connectivity index (χ2v) is 3.17. The van der Waals surface area contributed by atoms with Gasteiger partial charge in [0.1, 0.15) is 5.78 Å². The van der Waals surface area contributed by atoms with Crippen molar-refractivity contribution in [3.05, 3.63) is 0 Å². The van der Waals surface area contributed by atoms with Gasteiger partial charge >= 0.3 is 5.97 Å². The molecule has 0 bridgehead atoms. The summed E-state index contributed by atoms with van der Waals surface area (Å²) in [5.41, 5.74) is 0. The molecular formula is C13H26O5. The smallest absolute Gasteiger partial charge is 0.306 e. The van der Waals surface area contributed by atoms with Crippen molar-refractivity contribution in [1.29, 1.82) is 0 Å². The molecule has 1 saturated carbocycles. The number of carboxylic acids is 2.